The molecule has 0 aromatic carbocycles. The van der Waals surface area contributed by atoms with Crippen LogP contribution in [-0.2, 0) is 9.59 Å². The smallest absolute Gasteiger partial charge is 0.245 e. The van der Waals surface area contributed by atoms with Gasteiger partial charge in [0.25, 0.3) is 0 Å². The molecule has 0 radical (unpaired) electrons. The number of hydrogen-bond acceptors (Lipinski definition) is 5. The van der Waals surface area contributed by atoms with E-state index < -0.39 is 0 Å². The number of amides is 2. The van der Waals surface area contributed by atoms with Gasteiger partial charge in [-0.2, -0.15) is 0 Å². The van der Waals surface area contributed by atoms with E-state index in [1.165, 1.54) is 0 Å². The fourth-order valence-electron chi connectivity index (χ4n) is 3.11. The van der Waals surface area contributed by atoms with Gasteiger partial charge in [-0.15, -0.1) is 0 Å². The summed E-state index contributed by atoms with van der Waals surface area (Å²) in [5.74, 6) is 0.751. The number of nitrogens with one attached hydrogen (secondary N) is 1. The van der Waals surface area contributed by atoms with Crippen molar-refractivity contribution in [3.63, 3.8) is 0 Å². The normalized spacial score (nSPS) is 12.9. The van der Waals surface area contributed by atoms with Crippen molar-refractivity contribution in [2.75, 3.05) is 31.5 Å². The summed E-state index contributed by atoms with van der Waals surface area (Å²) in [7, 11) is 0. The molecule has 1 rings (SSSR count). The van der Waals surface area contributed by atoms with Gasteiger partial charge in [-0.3, -0.25) is 9.59 Å². The lowest BCUT2D eigenvalue weighted by atomic mass is 9.91. The van der Waals surface area contributed by atoms with Crippen molar-refractivity contribution in [3.05, 3.63) is 11.8 Å². The quantitative estimate of drug-likeness (QED) is 0.619. The third-order valence-corrected chi connectivity index (χ3v) is 4.73. The van der Waals surface area contributed by atoms with Crippen LogP contribution in [0.5, 0.6) is 0 Å². The number of anilines is 1. The van der Waals surface area contributed by atoms with Crippen LogP contribution in [0.4, 0.5) is 5.82 Å². The molecular formula is C21H38N4O3. The van der Waals surface area contributed by atoms with Gasteiger partial charge in [-0.05, 0) is 51.7 Å². The number of aromatic nitrogens is 1. The first-order valence-corrected chi connectivity index (χ1v) is 10.3. The second-order valence-corrected chi connectivity index (χ2v) is 8.65. The van der Waals surface area contributed by atoms with Crippen molar-refractivity contribution in [1.29, 1.82) is 0 Å². The van der Waals surface area contributed by atoms with Crippen LogP contribution in [0.1, 0.15) is 66.6 Å². The van der Waals surface area contributed by atoms with E-state index in [2.05, 4.69) is 29.2 Å². The Morgan fingerprint density at radius 1 is 1.25 bits per heavy atom. The first-order valence-electron chi connectivity index (χ1n) is 10.3. The van der Waals surface area contributed by atoms with Crippen molar-refractivity contribution in [2.45, 2.75) is 73.8 Å². The molecule has 0 aliphatic heterocycles. The number of aryl methyl sites for hydroxylation is 1. The standard InChI is InChI=1S/C21H38N4O3/c1-8-24(9-2)12-10-11-16(3)25(20(27)14-21(5,6)7)15-19(26)22-18-13-17(4)28-23-18/h13,16H,8-12,14-15H2,1-7H3,(H,22,23,26)/t16-/m1/s1. The highest BCUT2D eigenvalue weighted by Gasteiger charge is 2.26. The van der Waals surface area contributed by atoms with Crippen LogP contribution in [0.15, 0.2) is 10.6 Å². The van der Waals surface area contributed by atoms with E-state index in [0.29, 0.717) is 18.0 Å². The van der Waals surface area contributed by atoms with Crippen LogP contribution in [0, 0.1) is 12.3 Å². The molecule has 1 aromatic heterocycles. The predicted octanol–water partition coefficient (Wildman–Crippen LogP) is 3.70. The van der Waals surface area contributed by atoms with Crippen LogP contribution in [0.3, 0.4) is 0 Å². The summed E-state index contributed by atoms with van der Waals surface area (Å²) in [6.07, 6.45) is 2.26. The lowest BCUT2D eigenvalue weighted by Crippen LogP contribution is -2.45. The molecule has 7 nitrogen and oxygen atoms in total. The van der Waals surface area contributed by atoms with E-state index in [1.807, 2.05) is 27.7 Å². The summed E-state index contributed by atoms with van der Waals surface area (Å²) in [6.45, 7) is 17.3. The van der Waals surface area contributed by atoms with Crippen LogP contribution in [0.25, 0.3) is 0 Å². The van der Waals surface area contributed by atoms with E-state index in [1.54, 1.807) is 17.9 Å². The van der Waals surface area contributed by atoms with Gasteiger partial charge in [0.1, 0.15) is 12.3 Å². The molecule has 1 N–H and O–H groups in total. The van der Waals surface area contributed by atoms with Gasteiger partial charge in [0.15, 0.2) is 5.82 Å². The molecule has 0 aliphatic rings. The zero-order valence-electron chi connectivity index (χ0n) is 18.7. The Hall–Kier alpha value is -1.89. The molecule has 1 atom stereocenters. The van der Waals surface area contributed by atoms with Gasteiger partial charge in [0, 0.05) is 18.5 Å². The Bertz CT molecular complexity index is 617. The minimum atomic E-state index is -0.258. The number of carbonyl (C=O) groups is 2. The van der Waals surface area contributed by atoms with E-state index >= 15 is 0 Å². The summed E-state index contributed by atoms with van der Waals surface area (Å²) in [5, 5.41) is 6.50. The van der Waals surface area contributed by atoms with Crippen molar-refractivity contribution >= 4 is 17.6 Å². The van der Waals surface area contributed by atoms with E-state index in [-0.39, 0.29) is 29.8 Å². The van der Waals surface area contributed by atoms with Crippen molar-refractivity contribution < 1.29 is 14.1 Å². The minimum Gasteiger partial charge on any atom is -0.360 e. The summed E-state index contributed by atoms with van der Waals surface area (Å²) in [5.41, 5.74) is -0.129. The zero-order valence-corrected chi connectivity index (χ0v) is 18.7. The van der Waals surface area contributed by atoms with Crippen LogP contribution < -0.4 is 5.32 Å². The van der Waals surface area contributed by atoms with Gasteiger partial charge < -0.3 is 19.6 Å². The van der Waals surface area contributed by atoms with Gasteiger partial charge in [0.2, 0.25) is 11.8 Å². The highest BCUT2D eigenvalue weighted by molar-refractivity contribution is 5.94. The fraction of sp³-hybridized carbons (Fsp3) is 0.762. The average Bonchev–Trinajstić information content (AvgIpc) is 2.99. The zero-order chi connectivity index (χ0) is 21.3. The molecule has 7 heteroatoms. The van der Waals surface area contributed by atoms with Crippen molar-refractivity contribution in [3.8, 4) is 0 Å². The highest BCUT2D eigenvalue weighted by atomic mass is 16.5. The second kappa shape index (κ2) is 11.2. The molecule has 0 saturated carbocycles. The molecule has 1 aromatic rings. The minimum absolute atomic E-state index is 0.00444. The lowest BCUT2D eigenvalue weighted by molar-refractivity contribution is -0.138. The largest absolute Gasteiger partial charge is 0.360 e. The summed E-state index contributed by atoms with van der Waals surface area (Å²) < 4.78 is 4.98. The predicted molar refractivity (Wildman–Crippen MR) is 112 cm³/mol. The maximum absolute atomic E-state index is 12.9. The molecule has 0 spiro atoms. The second-order valence-electron chi connectivity index (χ2n) is 8.65. The molecule has 2 amide bonds. The maximum Gasteiger partial charge on any atom is 0.245 e. The molecule has 0 bridgehead atoms. The van der Waals surface area contributed by atoms with E-state index in [0.717, 1.165) is 32.5 Å². The third kappa shape index (κ3) is 8.87. The highest BCUT2D eigenvalue weighted by Crippen LogP contribution is 2.21. The molecule has 0 unspecified atom stereocenters. The monoisotopic (exact) mass is 394 g/mol. The van der Waals surface area contributed by atoms with Gasteiger partial charge in [-0.1, -0.05) is 39.8 Å². The summed E-state index contributed by atoms with van der Waals surface area (Å²) >= 11 is 0. The number of nitrogens with zero attached hydrogens (tertiary/aromatic N) is 3. The number of hydrogen-bond donors (Lipinski definition) is 1. The van der Waals surface area contributed by atoms with Crippen LogP contribution in [0.2, 0.25) is 0 Å². The lowest BCUT2D eigenvalue weighted by Gasteiger charge is -2.32. The molecule has 1 heterocycles. The molecule has 28 heavy (non-hydrogen) atoms. The number of carbonyl (C=O) groups excluding carboxylic acids is 2. The molecular weight excluding hydrogens is 356 g/mol. The molecule has 160 valence electrons. The topological polar surface area (TPSA) is 78.7 Å². The first-order chi connectivity index (χ1) is 13.1. The van der Waals surface area contributed by atoms with E-state index in [4.69, 9.17) is 4.52 Å². The third-order valence-electron chi connectivity index (χ3n) is 4.73. The van der Waals surface area contributed by atoms with Crippen molar-refractivity contribution in [1.82, 2.24) is 15.0 Å². The Morgan fingerprint density at radius 2 is 1.89 bits per heavy atom. The van der Waals surface area contributed by atoms with Crippen molar-refractivity contribution in [2.24, 2.45) is 5.41 Å². The van der Waals surface area contributed by atoms with Gasteiger partial charge in [0.05, 0.1) is 0 Å². The Balaban J connectivity index is 2.74. The molecule has 0 saturated heterocycles. The van der Waals surface area contributed by atoms with Crippen LogP contribution >= 0.6 is 0 Å². The Morgan fingerprint density at radius 3 is 2.39 bits per heavy atom. The first kappa shape index (κ1) is 24.1. The SMILES string of the molecule is CCN(CC)CCC[C@@H](C)N(CC(=O)Nc1cc(C)on1)C(=O)CC(C)(C)C. The fourth-order valence-corrected chi connectivity index (χ4v) is 3.11. The maximum atomic E-state index is 12.9. The van der Waals surface area contributed by atoms with E-state index in [9.17, 15) is 9.59 Å². The summed E-state index contributed by atoms with van der Waals surface area (Å²) in [4.78, 5) is 29.5. The van der Waals surface area contributed by atoms with Crippen LogP contribution in [-0.4, -0.2) is 59.0 Å². The average molecular weight is 395 g/mol. The Labute approximate surface area is 169 Å². The Kier molecular flexibility index (Phi) is 9.65. The molecule has 0 fully saturated rings. The van der Waals surface area contributed by atoms with Gasteiger partial charge >= 0.3 is 0 Å². The summed E-state index contributed by atoms with van der Waals surface area (Å²) in [6, 6.07) is 1.66. The van der Waals surface area contributed by atoms with Gasteiger partial charge in [-0.25, -0.2) is 0 Å². The number of rotatable bonds is 11. The molecule has 0 aliphatic carbocycles.